The van der Waals surface area contributed by atoms with Gasteiger partial charge in [-0.25, -0.2) is 0 Å². The molecular weight excluding hydrogens is 1850 g/mol. The predicted molar refractivity (Wildman–Crippen MR) is 554 cm³/mol. The van der Waals surface area contributed by atoms with Crippen LogP contribution in [0.15, 0.2) is 418 Å². The zero-order valence-electron chi connectivity index (χ0n) is 66.0. The minimum absolute atomic E-state index is 1.14. The molecular formula is C112H66Br4N4S4. The van der Waals surface area contributed by atoms with Gasteiger partial charge in [-0.15, -0.1) is 45.3 Å². The fourth-order valence-electron chi connectivity index (χ4n) is 19.0. The zero-order valence-corrected chi connectivity index (χ0v) is 75.6. The number of fused-ring (bicyclic) bond motifs is 29. The summed E-state index contributed by atoms with van der Waals surface area (Å²) in [6, 6.07) is 144. The molecule has 0 aliphatic heterocycles. The van der Waals surface area contributed by atoms with Crippen LogP contribution in [0.25, 0.3) is 224 Å². The molecule has 0 atom stereocenters. The third kappa shape index (κ3) is 12.3. The molecule has 19 aromatic carbocycles. The second kappa shape index (κ2) is 30.7. The number of aromatic nitrogens is 4. The Morgan fingerprint density at radius 2 is 0.476 bits per heavy atom. The monoisotopic (exact) mass is 1910 g/mol. The maximum Gasteiger partial charge on any atom is 0.0731 e. The van der Waals surface area contributed by atoms with Gasteiger partial charge in [-0.1, -0.05) is 343 Å². The summed E-state index contributed by atoms with van der Waals surface area (Å²) in [5, 5.41) is 23.2. The highest BCUT2D eigenvalue weighted by Gasteiger charge is 2.26. The fraction of sp³-hybridized carbons (Fsp3) is 0. The Balaban J connectivity index is 0.0000000932. The summed E-state index contributed by atoms with van der Waals surface area (Å²) in [5.74, 6) is 0. The first kappa shape index (κ1) is 75.2. The Morgan fingerprint density at radius 1 is 0.169 bits per heavy atom. The van der Waals surface area contributed by atoms with E-state index in [1.54, 1.807) is 0 Å². The summed E-state index contributed by atoms with van der Waals surface area (Å²) < 4.78 is 25.0. The molecule has 0 unspecified atom stereocenters. The lowest BCUT2D eigenvalue weighted by Gasteiger charge is -2.11. The molecule has 12 heteroatoms. The molecule has 8 heterocycles. The summed E-state index contributed by atoms with van der Waals surface area (Å²) in [6.45, 7) is 0. The molecule has 0 aliphatic carbocycles. The largest absolute Gasteiger partial charge is 0.308 e. The van der Waals surface area contributed by atoms with Gasteiger partial charge in [0.2, 0.25) is 0 Å². The summed E-state index contributed by atoms with van der Waals surface area (Å²) in [4.78, 5) is 0. The fourth-order valence-corrected chi connectivity index (χ4v) is 26.6. The quantitative estimate of drug-likeness (QED) is 0.158. The van der Waals surface area contributed by atoms with Gasteiger partial charge in [0.1, 0.15) is 0 Å². The summed E-state index contributed by atoms with van der Waals surface area (Å²) in [7, 11) is 0. The van der Waals surface area contributed by atoms with Gasteiger partial charge in [-0.05, 0) is 154 Å². The molecule has 0 N–H and O–H groups in total. The molecule has 4 nitrogen and oxygen atoms in total. The molecule has 27 aromatic rings. The maximum absolute atomic E-state index is 3.94. The van der Waals surface area contributed by atoms with Crippen LogP contribution < -0.4 is 0 Å². The smallest absolute Gasteiger partial charge is 0.0731 e. The molecule has 586 valence electrons. The van der Waals surface area contributed by atoms with Crippen molar-refractivity contribution in [3.63, 3.8) is 0 Å². The molecule has 124 heavy (non-hydrogen) atoms. The van der Waals surface area contributed by atoms with E-state index in [0.29, 0.717) is 0 Å². The first-order valence-electron chi connectivity index (χ1n) is 41.2. The van der Waals surface area contributed by atoms with E-state index < -0.39 is 0 Å². The van der Waals surface area contributed by atoms with Crippen LogP contribution in [0.5, 0.6) is 0 Å². The van der Waals surface area contributed by atoms with Gasteiger partial charge in [0.25, 0.3) is 0 Å². The van der Waals surface area contributed by atoms with Crippen molar-refractivity contribution in [3.05, 3.63) is 418 Å². The number of thiophene rings is 4. The van der Waals surface area contributed by atoms with Gasteiger partial charge < -0.3 is 18.3 Å². The average Bonchev–Trinajstić information content (AvgIpc) is 1.57. The molecule has 0 amide bonds. The normalized spacial score (nSPS) is 11.9. The van der Waals surface area contributed by atoms with Crippen molar-refractivity contribution in [3.8, 4) is 45.0 Å². The zero-order chi connectivity index (χ0) is 82.4. The van der Waals surface area contributed by atoms with Crippen molar-refractivity contribution in [1.29, 1.82) is 0 Å². The lowest BCUT2D eigenvalue weighted by molar-refractivity contribution is 1.19. The number of hydrogen-bond donors (Lipinski definition) is 0. The molecule has 0 spiro atoms. The molecule has 27 rings (SSSR count). The molecule has 0 saturated heterocycles. The number of benzene rings is 19. The molecule has 0 aliphatic rings. The van der Waals surface area contributed by atoms with Crippen molar-refractivity contribution in [2.24, 2.45) is 0 Å². The maximum atomic E-state index is 3.94. The Labute approximate surface area is 761 Å². The summed E-state index contributed by atoms with van der Waals surface area (Å²) >= 11 is 23.2. The van der Waals surface area contributed by atoms with E-state index in [-0.39, 0.29) is 0 Å². The van der Waals surface area contributed by atoms with Crippen molar-refractivity contribution in [1.82, 2.24) is 18.3 Å². The van der Waals surface area contributed by atoms with Crippen molar-refractivity contribution >= 4 is 288 Å². The van der Waals surface area contributed by atoms with E-state index >= 15 is 0 Å². The van der Waals surface area contributed by atoms with Crippen LogP contribution in [0.1, 0.15) is 0 Å². The van der Waals surface area contributed by atoms with E-state index in [1.165, 1.54) is 224 Å². The SMILES string of the molecule is Brc1cc2c3ccccc3n(-c3ccc4ccccc4c3)c2c2sc3ccccc3c12.Brc1cc2c3ccccc3sc2c2c1c1ccccc1n2-c1ccc(-c2ccccc2)cc1.Brc1cc2c3ccccc3sc2c2c1c1ccccc1n2-c1cccc(-c2ccccc2)c1.Brc1cc2c3ccccc3sc2c2c1c1ccccc1n2-c1ccccc1. The van der Waals surface area contributed by atoms with Crippen molar-refractivity contribution < 1.29 is 0 Å². The van der Waals surface area contributed by atoms with E-state index in [0.717, 1.165) is 17.9 Å². The van der Waals surface area contributed by atoms with Crippen LogP contribution in [0.2, 0.25) is 0 Å². The number of rotatable bonds is 6. The number of hydrogen-bond acceptors (Lipinski definition) is 4. The van der Waals surface area contributed by atoms with E-state index in [4.69, 9.17) is 0 Å². The standard InChI is InChI=1S/2C30H18BrNS.C28H16BrNS.C24H14BrNS/c31-25-18-24-22-13-5-7-16-27(22)33-30(24)29-28(25)23-14-4-6-15-26(23)32(29)21-12-8-11-20(17-21)19-9-2-1-3-10-19;31-25-18-24-22-10-5-7-13-27(22)33-30(24)29-28(25)23-11-4-6-12-26(23)32(29)21-16-14-20(15-17-21)19-8-2-1-3-9-19;29-23-16-22-20-9-3-5-11-24(20)30(19-14-13-17-7-1-2-8-18(17)15-19)27(22)28-26(23)21-10-4-6-12-25(21)31-28;25-19-14-18-16-10-5-7-13-21(16)27-24(18)23-22(19)17-11-4-6-12-20(17)26(23)15-8-2-1-3-9-15/h2*1-18H;1-16H;1-14H. The third-order valence-electron chi connectivity index (χ3n) is 24.4. The first-order valence-corrected chi connectivity index (χ1v) is 47.6. The Hall–Kier alpha value is -12.6. The van der Waals surface area contributed by atoms with Crippen molar-refractivity contribution in [2.75, 3.05) is 0 Å². The molecule has 0 fully saturated rings. The van der Waals surface area contributed by atoms with E-state index in [9.17, 15) is 0 Å². The van der Waals surface area contributed by atoms with Gasteiger partial charge in [-0.3, -0.25) is 0 Å². The lowest BCUT2D eigenvalue weighted by atomic mass is 10.1. The van der Waals surface area contributed by atoms with Crippen LogP contribution in [-0.2, 0) is 0 Å². The molecule has 0 bridgehead atoms. The summed E-state index contributed by atoms with van der Waals surface area (Å²) in [6.07, 6.45) is 0. The van der Waals surface area contributed by atoms with Crippen LogP contribution in [0, 0.1) is 0 Å². The topological polar surface area (TPSA) is 19.7 Å². The highest BCUT2D eigenvalue weighted by molar-refractivity contribution is 9.11. The van der Waals surface area contributed by atoms with Crippen LogP contribution in [0.4, 0.5) is 0 Å². The first-order chi connectivity index (χ1) is 61.2. The third-order valence-corrected chi connectivity index (χ3v) is 31.6. The van der Waals surface area contributed by atoms with Gasteiger partial charge in [0.15, 0.2) is 0 Å². The van der Waals surface area contributed by atoms with E-state index in [1.807, 2.05) is 45.3 Å². The van der Waals surface area contributed by atoms with Gasteiger partial charge >= 0.3 is 0 Å². The molecule has 0 saturated carbocycles. The average molecular weight is 1920 g/mol. The van der Waals surface area contributed by atoms with Crippen molar-refractivity contribution in [2.45, 2.75) is 0 Å². The molecule has 8 aromatic heterocycles. The number of para-hydroxylation sites is 5. The number of nitrogens with zero attached hydrogens (tertiary/aromatic N) is 4. The Bertz CT molecular complexity index is 9000. The van der Waals surface area contributed by atoms with E-state index in [2.05, 4.69) is 482 Å². The minimum Gasteiger partial charge on any atom is -0.308 e. The van der Waals surface area contributed by atoms with Gasteiger partial charge in [0, 0.05) is 146 Å². The second-order valence-corrected chi connectivity index (χ2v) is 39.0. The van der Waals surface area contributed by atoms with Gasteiger partial charge in [-0.2, -0.15) is 0 Å². The Kier molecular flexibility index (Phi) is 18.6. The second-order valence-electron chi connectivity index (χ2n) is 31.3. The Morgan fingerprint density at radius 3 is 0.968 bits per heavy atom. The molecule has 0 radical (unpaired) electrons. The highest BCUT2D eigenvalue weighted by atomic mass is 79.9. The van der Waals surface area contributed by atoms with Gasteiger partial charge in [0.05, 0.1) is 62.9 Å². The highest BCUT2D eigenvalue weighted by Crippen LogP contribution is 2.52. The van der Waals surface area contributed by atoms with Crippen LogP contribution in [-0.4, -0.2) is 18.3 Å². The summed E-state index contributed by atoms with van der Waals surface area (Å²) in [5.41, 5.74) is 19.7. The predicted octanol–water partition coefficient (Wildman–Crippen LogP) is 36.1. The van der Waals surface area contributed by atoms with Crippen LogP contribution in [0.3, 0.4) is 0 Å². The number of halogens is 4. The minimum atomic E-state index is 1.14. The lowest BCUT2D eigenvalue weighted by Crippen LogP contribution is -1.94. The van der Waals surface area contributed by atoms with Crippen LogP contribution >= 0.6 is 109 Å².